The number of benzene rings is 1. The monoisotopic (exact) mass is 187 g/mol. The van der Waals surface area contributed by atoms with Crippen molar-refractivity contribution in [2.75, 3.05) is 0 Å². The third-order valence-corrected chi connectivity index (χ3v) is 1.71. The Morgan fingerprint density at radius 1 is 1.31 bits per heavy atom. The Hall–Kier alpha value is -1.64. The fraction of sp³-hybridized carbons (Fsp3) is 0. The van der Waals surface area contributed by atoms with Crippen LogP contribution >= 0.6 is 12.2 Å². The Bertz CT molecular complexity index is 489. The average molecular weight is 187 g/mol. The summed E-state index contributed by atoms with van der Waals surface area (Å²) >= 11 is 4.46. The molecule has 13 heavy (non-hydrogen) atoms. The van der Waals surface area contributed by atoms with E-state index in [2.05, 4.69) is 32.3 Å². The molecule has 3 nitrogen and oxygen atoms in total. The largest absolute Gasteiger partial charge is 0.259 e. The van der Waals surface area contributed by atoms with Crippen molar-refractivity contribution >= 4 is 34.2 Å². The zero-order valence-corrected chi connectivity index (χ0v) is 7.45. The number of rotatable bonds is 1. The number of hydrogen-bond donors (Lipinski definition) is 0. The number of thiocarbonyl (C=S) groups is 1. The molecule has 0 N–H and O–H groups in total. The van der Waals surface area contributed by atoms with Crippen LogP contribution in [0.4, 0.5) is 5.95 Å². The van der Waals surface area contributed by atoms with E-state index in [4.69, 9.17) is 0 Å². The number of para-hydroxylation sites is 1. The highest BCUT2D eigenvalue weighted by molar-refractivity contribution is 7.78. The molecule has 62 valence electrons. The van der Waals surface area contributed by atoms with Crippen molar-refractivity contribution in [1.29, 1.82) is 0 Å². The van der Waals surface area contributed by atoms with Gasteiger partial charge in [0.2, 0.25) is 0 Å². The van der Waals surface area contributed by atoms with Crippen LogP contribution in [0.2, 0.25) is 0 Å². The highest BCUT2D eigenvalue weighted by Gasteiger charge is 1.95. The molecule has 1 aromatic carbocycles. The highest BCUT2D eigenvalue weighted by atomic mass is 32.1. The van der Waals surface area contributed by atoms with Crippen molar-refractivity contribution in [1.82, 2.24) is 9.97 Å². The Kier molecular flexibility index (Phi) is 2.08. The molecule has 0 saturated heterocycles. The van der Waals surface area contributed by atoms with Crippen LogP contribution in [0.15, 0.2) is 35.5 Å². The van der Waals surface area contributed by atoms with Gasteiger partial charge in [0.25, 0.3) is 5.95 Å². The molecule has 1 aromatic heterocycles. The topological polar surface area (TPSA) is 38.1 Å². The molecular weight excluding hydrogens is 182 g/mol. The van der Waals surface area contributed by atoms with Crippen molar-refractivity contribution in [2.24, 2.45) is 4.99 Å². The van der Waals surface area contributed by atoms with Gasteiger partial charge in [-0.2, -0.15) is 4.99 Å². The second kappa shape index (κ2) is 3.39. The Balaban J connectivity index is 2.68. The molecule has 0 aliphatic carbocycles. The SMILES string of the molecule is S=C=Nc1ncc2ccccc2n1. The van der Waals surface area contributed by atoms with E-state index >= 15 is 0 Å². The maximum Gasteiger partial charge on any atom is 0.259 e. The molecule has 0 aliphatic heterocycles. The van der Waals surface area contributed by atoms with Crippen LogP contribution in [0.3, 0.4) is 0 Å². The van der Waals surface area contributed by atoms with E-state index in [1.165, 1.54) is 0 Å². The normalized spacial score (nSPS) is 9.54. The average Bonchev–Trinajstić information content (AvgIpc) is 2.18. The van der Waals surface area contributed by atoms with E-state index in [1.807, 2.05) is 24.3 Å². The summed E-state index contributed by atoms with van der Waals surface area (Å²) in [6.45, 7) is 0. The summed E-state index contributed by atoms with van der Waals surface area (Å²) in [5.74, 6) is 0.355. The summed E-state index contributed by atoms with van der Waals surface area (Å²) in [5, 5.41) is 3.22. The van der Waals surface area contributed by atoms with Gasteiger partial charge in [0.15, 0.2) is 0 Å². The molecule has 0 spiro atoms. The summed E-state index contributed by atoms with van der Waals surface area (Å²) in [6, 6.07) is 7.70. The molecule has 0 amide bonds. The standard InChI is InChI=1S/C9H5N3S/c13-6-11-9-10-5-7-3-1-2-4-8(7)12-9/h1-5H. The van der Waals surface area contributed by atoms with Crippen molar-refractivity contribution in [3.05, 3.63) is 30.5 Å². The van der Waals surface area contributed by atoms with Gasteiger partial charge in [0.05, 0.1) is 10.7 Å². The third-order valence-electron chi connectivity index (χ3n) is 1.62. The number of fused-ring (bicyclic) bond motifs is 1. The quantitative estimate of drug-likeness (QED) is 0.508. The maximum absolute atomic E-state index is 4.46. The predicted molar refractivity (Wildman–Crippen MR) is 54.2 cm³/mol. The molecule has 0 unspecified atom stereocenters. The lowest BCUT2D eigenvalue weighted by molar-refractivity contribution is 1.19. The van der Waals surface area contributed by atoms with Gasteiger partial charge in [0.1, 0.15) is 0 Å². The minimum Gasteiger partial charge on any atom is -0.218 e. The minimum absolute atomic E-state index is 0.355. The number of hydrogen-bond acceptors (Lipinski definition) is 4. The fourth-order valence-corrected chi connectivity index (χ4v) is 1.14. The van der Waals surface area contributed by atoms with Crippen LogP contribution in [0.5, 0.6) is 0 Å². The van der Waals surface area contributed by atoms with Crippen LogP contribution in [-0.4, -0.2) is 15.1 Å². The third kappa shape index (κ3) is 1.59. The van der Waals surface area contributed by atoms with Gasteiger partial charge >= 0.3 is 0 Å². The van der Waals surface area contributed by atoms with E-state index in [9.17, 15) is 0 Å². The van der Waals surface area contributed by atoms with E-state index in [-0.39, 0.29) is 0 Å². The first-order valence-electron chi connectivity index (χ1n) is 3.70. The lowest BCUT2D eigenvalue weighted by atomic mass is 10.2. The molecule has 4 heteroatoms. The minimum atomic E-state index is 0.355. The van der Waals surface area contributed by atoms with Gasteiger partial charge < -0.3 is 0 Å². The summed E-state index contributed by atoms with van der Waals surface area (Å²) in [5.41, 5.74) is 0.863. The summed E-state index contributed by atoms with van der Waals surface area (Å²) < 4.78 is 0. The van der Waals surface area contributed by atoms with Gasteiger partial charge in [-0.15, -0.1) is 0 Å². The van der Waals surface area contributed by atoms with Crippen molar-refractivity contribution in [3.63, 3.8) is 0 Å². The van der Waals surface area contributed by atoms with Crippen molar-refractivity contribution in [2.45, 2.75) is 0 Å². The number of nitrogens with zero attached hydrogens (tertiary/aromatic N) is 3. The van der Waals surface area contributed by atoms with Gasteiger partial charge in [-0.25, -0.2) is 9.97 Å². The Morgan fingerprint density at radius 2 is 2.15 bits per heavy atom. The van der Waals surface area contributed by atoms with E-state index in [0.717, 1.165) is 10.9 Å². The smallest absolute Gasteiger partial charge is 0.218 e. The zero-order chi connectivity index (χ0) is 9.10. The molecule has 2 rings (SSSR count). The predicted octanol–water partition coefficient (Wildman–Crippen LogP) is 2.36. The molecular formula is C9H5N3S. The number of aliphatic imine (C=N–C) groups is 1. The van der Waals surface area contributed by atoms with Gasteiger partial charge in [0, 0.05) is 11.6 Å². The zero-order valence-electron chi connectivity index (χ0n) is 6.64. The van der Waals surface area contributed by atoms with Crippen LogP contribution < -0.4 is 0 Å². The molecule has 0 radical (unpaired) electrons. The van der Waals surface area contributed by atoms with Crippen molar-refractivity contribution in [3.8, 4) is 0 Å². The van der Waals surface area contributed by atoms with E-state index in [0.29, 0.717) is 5.95 Å². The number of aromatic nitrogens is 2. The Labute approximate surface area is 80.2 Å². The second-order valence-electron chi connectivity index (χ2n) is 2.43. The van der Waals surface area contributed by atoms with Gasteiger partial charge in [-0.05, 0) is 18.3 Å². The number of isothiocyanates is 1. The lowest BCUT2D eigenvalue weighted by Gasteiger charge is -1.94. The summed E-state index contributed by atoms with van der Waals surface area (Å²) in [4.78, 5) is 11.8. The molecule has 0 atom stereocenters. The van der Waals surface area contributed by atoms with Crippen molar-refractivity contribution < 1.29 is 0 Å². The van der Waals surface area contributed by atoms with Crippen LogP contribution in [-0.2, 0) is 0 Å². The fourth-order valence-electron chi connectivity index (χ4n) is 1.06. The molecule has 0 aliphatic rings. The van der Waals surface area contributed by atoms with E-state index in [1.54, 1.807) is 6.20 Å². The van der Waals surface area contributed by atoms with Crippen LogP contribution in [0.1, 0.15) is 0 Å². The van der Waals surface area contributed by atoms with Gasteiger partial charge in [-0.1, -0.05) is 18.2 Å². The molecule has 1 heterocycles. The van der Waals surface area contributed by atoms with E-state index < -0.39 is 0 Å². The molecule has 0 bridgehead atoms. The Morgan fingerprint density at radius 3 is 3.00 bits per heavy atom. The first-order chi connectivity index (χ1) is 6.40. The van der Waals surface area contributed by atoms with Crippen LogP contribution in [0, 0.1) is 0 Å². The highest BCUT2D eigenvalue weighted by Crippen LogP contribution is 2.12. The second-order valence-corrected chi connectivity index (χ2v) is 2.61. The summed E-state index contributed by atoms with van der Waals surface area (Å²) in [7, 11) is 0. The molecule has 0 saturated carbocycles. The molecule has 0 fully saturated rings. The summed E-state index contributed by atoms with van der Waals surface area (Å²) in [6.07, 6.45) is 1.72. The van der Waals surface area contributed by atoms with Crippen LogP contribution in [0.25, 0.3) is 10.9 Å². The molecule has 2 aromatic rings. The van der Waals surface area contributed by atoms with Gasteiger partial charge in [-0.3, -0.25) is 0 Å². The maximum atomic E-state index is 4.46. The first-order valence-corrected chi connectivity index (χ1v) is 4.10. The first kappa shape index (κ1) is 7.98. The lowest BCUT2D eigenvalue weighted by Crippen LogP contribution is -1.81.